The summed E-state index contributed by atoms with van der Waals surface area (Å²) in [7, 11) is 1.96. The summed E-state index contributed by atoms with van der Waals surface area (Å²) in [6, 6.07) is 0.934. The molecule has 1 N–H and O–H groups in total. The smallest absolute Gasteiger partial charge is 0.317 e. The van der Waals surface area contributed by atoms with Crippen LogP contribution in [0, 0.1) is 5.92 Å². The van der Waals surface area contributed by atoms with E-state index >= 15 is 0 Å². The lowest BCUT2D eigenvalue weighted by Crippen LogP contribution is -2.48. The third-order valence-electron chi connectivity index (χ3n) is 4.54. The Balaban J connectivity index is 1.86. The van der Waals surface area contributed by atoms with Gasteiger partial charge in [0.05, 0.1) is 5.92 Å². The highest BCUT2D eigenvalue weighted by Crippen LogP contribution is 2.35. The number of halogens is 3. The van der Waals surface area contributed by atoms with Crippen molar-refractivity contribution in [1.29, 1.82) is 0 Å². The lowest BCUT2D eigenvalue weighted by atomic mass is 9.87. The third-order valence-corrected chi connectivity index (χ3v) is 4.54. The molecule has 0 aromatic carbocycles. The minimum absolute atomic E-state index is 0.221. The van der Waals surface area contributed by atoms with Gasteiger partial charge in [0.25, 0.3) is 0 Å². The van der Waals surface area contributed by atoms with Gasteiger partial charge in [0.1, 0.15) is 0 Å². The molecule has 2 fully saturated rings. The van der Waals surface area contributed by atoms with Crippen molar-refractivity contribution in [3.8, 4) is 0 Å². The van der Waals surface area contributed by atoms with Gasteiger partial charge in [-0.25, -0.2) is 0 Å². The lowest BCUT2D eigenvalue weighted by Gasteiger charge is -2.41. The van der Waals surface area contributed by atoms with Crippen LogP contribution in [0.3, 0.4) is 0 Å². The standard InChI is InChI=1S/C13H23F3N2/c1-17-11-4-6-12(7-5-11)18-8-2-3-10(9-18)13(14,15)16/h10-12,17H,2-9H2,1H3. The number of hydrogen-bond donors (Lipinski definition) is 1. The number of piperidine rings is 1. The molecular formula is C13H23F3N2. The summed E-state index contributed by atoms with van der Waals surface area (Å²) in [5.74, 6) is -1.10. The van der Waals surface area contributed by atoms with Crippen LogP contribution in [-0.2, 0) is 0 Å². The van der Waals surface area contributed by atoms with Crippen molar-refractivity contribution in [2.45, 2.75) is 56.8 Å². The Kier molecular flexibility index (Phi) is 4.54. The Bertz CT molecular complexity index is 259. The van der Waals surface area contributed by atoms with E-state index in [2.05, 4.69) is 10.2 Å². The predicted molar refractivity (Wildman–Crippen MR) is 65.5 cm³/mol. The molecular weight excluding hydrogens is 241 g/mol. The van der Waals surface area contributed by atoms with Crippen molar-refractivity contribution < 1.29 is 13.2 Å². The second-order valence-electron chi connectivity index (χ2n) is 5.67. The maximum absolute atomic E-state index is 12.8. The molecule has 1 aliphatic heterocycles. The minimum Gasteiger partial charge on any atom is -0.317 e. The minimum atomic E-state index is -4.01. The van der Waals surface area contributed by atoms with Crippen LogP contribution >= 0.6 is 0 Å². The second-order valence-corrected chi connectivity index (χ2v) is 5.67. The van der Waals surface area contributed by atoms with Gasteiger partial charge in [-0.1, -0.05) is 0 Å². The molecule has 18 heavy (non-hydrogen) atoms. The number of hydrogen-bond acceptors (Lipinski definition) is 2. The fourth-order valence-corrected chi connectivity index (χ4v) is 3.33. The van der Waals surface area contributed by atoms with E-state index in [0.717, 1.165) is 32.2 Å². The van der Waals surface area contributed by atoms with Gasteiger partial charge in [-0.2, -0.15) is 13.2 Å². The van der Waals surface area contributed by atoms with Crippen molar-refractivity contribution >= 4 is 0 Å². The quantitative estimate of drug-likeness (QED) is 0.825. The molecule has 0 amide bonds. The van der Waals surface area contributed by atoms with Crippen molar-refractivity contribution in [2.75, 3.05) is 20.1 Å². The van der Waals surface area contributed by atoms with Crippen LogP contribution in [0.4, 0.5) is 13.2 Å². The summed E-state index contributed by atoms with van der Waals surface area (Å²) in [5, 5.41) is 3.26. The Hall–Kier alpha value is -0.290. The average Bonchev–Trinajstić information content (AvgIpc) is 2.38. The number of nitrogens with one attached hydrogen (secondary N) is 1. The van der Waals surface area contributed by atoms with Crippen LogP contribution in [0.25, 0.3) is 0 Å². The Morgan fingerprint density at radius 3 is 2.28 bits per heavy atom. The van der Waals surface area contributed by atoms with Gasteiger partial charge in [-0.15, -0.1) is 0 Å². The van der Waals surface area contributed by atoms with E-state index in [1.54, 1.807) is 0 Å². The summed E-state index contributed by atoms with van der Waals surface area (Å²) >= 11 is 0. The maximum atomic E-state index is 12.8. The Labute approximate surface area is 107 Å². The first-order valence-electron chi connectivity index (χ1n) is 6.98. The lowest BCUT2D eigenvalue weighted by molar-refractivity contribution is -0.189. The van der Waals surface area contributed by atoms with Gasteiger partial charge >= 0.3 is 6.18 Å². The van der Waals surface area contributed by atoms with Gasteiger partial charge in [-0.05, 0) is 52.1 Å². The molecule has 5 heteroatoms. The fraction of sp³-hybridized carbons (Fsp3) is 1.00. The van der Waals surface area contributed by atoms with Gasteiger partial charge in [-0.3, -0.25) is 4.90 Å². The summed E-state index contributed by atoms with van der Waals surface area (Å²) in [6.45, 7) is 1.07. The van der Waals surface area contributed by atoms with Crippen LogP contribution in [-0.4, -0.2) is 43.3 Å². The fourth-order valence-electron chi connectivity index (χ4n) is 3.33. The van der Waals surface area contributed by atoms with Crippen LogP contribution in [0.15, 0.2) is 0 Å². The molecule has 2 rings (SSSR count). The molecule has 1 saturated carbocycles. The van der Waals surface area contributed by atoms with Crippen molar-refractivity contribution in [3.05, 3.63) is 0 Å². The molecule has 2 aliphatic rings. The van der Waals surface area contributed by atoms with Gasteiger partial charge in [0.15, 0.2) is 0 Å². The Morgan fingerprint density at radius 2 is 1.72 bits per heavy atom. The third kappa shape index (κ3) is 3.38. The number of alkyl halides is 3. The molecule has 1 aliphatic carbocycles. The van der Waals surface area contributed by atoms with Crippen LogP contribution in [0.5, 0.6) is 0 Å². The van der Waals surface area contributed by atoms with Crippen molar-refractivity contribution in [2.24, 2.45) is 5.92 Å². The summed E-state index contributed by atoms with van der Waals surface area (Å²) < 4.78 is 38.3. The number of likely N-dealkylation sites (tertiary alicyclic amines) is 1. The molecule has 0 aromatic rings. The normalized spacial score (nSPS) is 35.7. The molecule has 1 unspecified atom stereocenters. The summed E-state index contributed by atoms with van der Waals surface area (Å²) in [6.07, 6.45) is 1.25. The average molecular weight is 264 g/mol. The molecule has 1 atom stereocenters. The number of nitrogens with zero attached hydrogens (tertiary/aromatic N) is 1. The van der Waals surface area contributed by atoms with Gasteiger partial charge in [0, 0.05) is 18.6 Å². The van der Waals surface area contributed by atoms with Crippen molar-refractivity contribution in [3.63, 3.8) is 0 Å². The van der Waals surface area contributed by atoms with E-state index in [4.69, 9.17) is 0 Å². The van der Waals surface area contributed by atoms with Crippen molar-refractivity contribution in [1.82, 2.24) is 10.2 Å². The zero-order valence-corrected chi connectivity index (χ0v) is 11.0. The maximum Gasteiger partial charge on any atom is 0.393 e. The van der Waals surface area contributed by atoms with Crippen LogP contribution in [0.1, 0.15) is 38.5 Å². The van der Waals surface area contributed by atoms with Gasteiger partial charge in [0.2, 0.25) is 0 Å². The van der Waals surface area contributed by atoms with Gasteiger partial charge < -0.3 is 5.32 Å². The largest absolute Gasteiger partial charge is 0.393 e. The van der Waals surface area contributed by atoms with E-state index in [0.29, 0.717) is 24.9 Å². The zero-order valence-electron chi connectivity index (χ0n) is 11.0. The van der Waals surface area contributed by atoms with Crippen LogP contribution in [0.2, 0.25) is 0 Å². The molecule has 0 radical (unpaired) electrons. The zero-order chi connectivity index (χ0) is 13.2. The molecule has 106 valence electrons. The molecule has 1 saturated heterocycles. The summed E-state index contributed by atoms with van der Waals surface area (Å²) in [4.78, 5) is 2.09. The Morgan fingerprint density at radius 1 is 1.06 bits per heavy atom. The molecule has 1 heterocycles. The first kappa shape index (κ1) is 14.1. The van der Waals surface area contributed by atoms with Crippen LogP contribution < -0.4 is 5.32 Å². The van der Waals surface area contributed by atoms with E-state index < -0.39 is 12.1 Å². The predicted octanol–water partition coefficient (Wildman–Crippen LogP) is 2.79. The number of rotatable bonds is 2. The SMILES string of the molecule is CNC1CCC(N2CCCC(C(F)(F)F)C2)CC1. The highest BCUT2D eigenvalue weighted by Gasteiger charge is 2.43. The highest BCUT2D eigenvalue weighted by atomic mass is 19.4. The molecule has 2 nitrogen and oxygen atoms in total. The molecule has 0 bridgehead atoms. The van der Waals surface area contributed by atoms with E-state index in [1.165, 1.54) is 0 Å². The molecule has 0 spiro atoms. The first-order chi connectivity index (χ1) is 8.50. The topological polar surface area (TPSA) is 15.3 Å². The van der Waals surface area contributed by atoms with E-state index in [1.807, 2.05) is 7.05 Å². The summed E-state index contributed by atoms with van der Waals surface area (Å²) in [5.41, 5.74) is 0. The molecule has 0 aromatic heterocycles. The van der Waals surface area contributed by atoms with E-state index in [9.17, 15) is 13.2 Å². The highest BCUT2D eigenvalue weighted by molar-refractivity contribution is 4.86. The van der Waals surface area contributed by atoms with E-state index in [-0.39, 0.29) is 6.54 Å². The monoisotopic (exact) mass is 264 g/mol. The second kappa shape index (κ2) is 5.78. The first-order valence-corrected chi connectivity index (χ1v) is 6.98.